The molecule has 0 aliphatic carbocycles. The first-order valence-electron chi connectivity index (χ1n) is 6.54. The van der Waals surface area contributed by atoms with Crippen LogP contribution in [0.15, 0.2) is 42.6 Å². The molecule has 1 aromatic carbocycles. The second-order valence-electron chi connectivity index (χ2n) is 4.66. The van der Waals surface area contributed by atoms with Crippen LogP contribution in [0, 0.1) is 5.92 Å². The van der Waals surface area contributed by atoms with Crippen LogP contribution in [0.5, 0.6) is 0 Å². The number of nitrogens with one attached hydrogen (secondary N) is 1. The van der Waals surface area contributed by atoms with Gasteiger partial charge in [-0.2, -0.15) is 5.10 Å². The van der Waals surface area contributed by atoms with Crippen molar-refractivity contribution in [1.29, 1.82) is 0 Å². The predicted octanol–water partition coefficient (Wildman–Crippen LogP) is 3.18. The quantitative estimate of drug-likeness (QED) is 0.874. The fraction of sp³-hybridized carbons (Fsp3) is 0.400. The largest absolute Gasteiger partial charge is 0.311 e. The van der Waals surface area contributed by atoms with Crippen molar-refractivity contribution < 1.29 is 0 Å². The maximum Gasteiger partial charge on any atom is 0.0649 e. The van der Waals surface area contributed by atoms with Crippen molar-refractivity contribution in [2.24, 2.45) is 5.92 Å². The summed E-state index contributed by atoms with van der Waals surface area (Å²) in [4.78, 5) is 0. The van der Waals surface area contributed by atoms with Crippen molar-refractivity contribution >= 4 is 0 Å². The third-order valence-electron chi connectivity index (χ3n) is 3.52. The third kappa shape index (κ3) is 2.46. The first kappa shape index (κ1) is 12.8. The number of hydrogen-bond acceptors (Lipinski definition) is 2. The summed E-state index contributed by atoms with van der Waals surface area (Å²) in [5.74, 6) is 0.578. The Bertz CT molecular complexity index is 475. The van der Waals surface area contributed by atoms with Gasteiger partial charge in [0.05, 0.1) is 17.4 Å². The van der Waals surface area contributed by atoms with Crippen LogP contribution < -0.4 is 5.32 Å². The molecule has 0 spiro atoms. The minimum atomic E-state index is 0.331. The van der Waals surface area contributed by atoms with E-state index in [4.69, 9.17) is 0 Å². The maximum atomic E-state index is 4.45. The third-order valence-corrected chi connectivity index (χ3v) is 3.52. The molecule has 0 aliphatic heterocycles. The van der Waals surface area contributed by atoms with Crippen molar-refractivity contribution in [3.05, 3.63) is 48.3 Å². The van der Waals surface area contributed by atoms with E-state index in [0.717, 1.165) is 12.1 Å². The standard InChI is InChI=1S/C15H21N3/c1-4-12(2)15(16-3)14-10-11-17-18(14)13-8-6-5-7-9-13/h5-12,15-16H,4H2,1-3H3. The van der Waals surface area contributed by atoms with Crippen LogP contribution in [0.25, 0.3) is 5.69 Å². The van der Waals surface area contributed by atoms with Crippen LogP contribution in [0.3, 0.4) is 0 Å². The Kier molecular flexibility index (Phi) is 4.15. The molecule has 0 fully saturated rings. The highest BCUT2D eigenvalue weighted by Crippen LogP contribution is 2.25. The Morgan fingerprint density at radius 3 is 2.56 bits per heavy atom. The average Bonchev–Trinajstić information content (AvgIpc) is 2.89. The Morgan fingerprint density at radius 2 is 1.94 bits per heavy atom. The summed E-state index contributed by atoms with van der Waals surface area (Å²) in [6.07, 6.45) is 3.01. The van der Waals surface area contributed by atoms with Gasteiger partial charge in [-0.15, -0.1) is 0 Å². The molecule has 0 radical (unpaired) electrons. The van der Waals surface area contributed by atoms with Gasteiger partial charge >= 0.3 is 0 Å². The molecule has 0 saturated heterocycles. The van der Waals surface area contributed by atoms with E-state index in [2.05, 4.69) is 42.5 Å². The van der Waals surface area contributed by atoms with Gasteiger partial charge in [0.15, 0.2) is 0 Å². The minimum Gasteiger partial charge on any atom is -0.311 e. The number of rotatable bonds is 5. The molecule has 1 aromatic heterocycles. The van der Waals surface area contributed by atoms with E-state index in [1.54, 1.807) is 0 Å². The molecule has 96 valence electrons. The monoisotopic (exact) mass is 243 g/mol. The molecule has 2 rings (SSSR count). The SMILES string of the molecule is CCC(C)C(NC)c1ccnn1-c1ccccc1. The minimum absolute atomic E-state index is 0.331. The lowest BCUT2D eigenvalue weighted by atomic mass is 9.96. The zero-order valence-corrected chi connectivity index (χ0v) is 11.3. The predicted molar refractivity (Wildman–Crippen MR) is 74.8 cm³/mol. The topological polar surface area (TPSA) is 29.9 Å². The first-order chi connectivity index (χ1) is 8.77. The fourth-order valence-electron chi connectivity index (χ4n) is 2.29. The number of hydrogen-bond donors (Lipinski definition) is 1. The second kappa shape index (κ2) is 5.83. The second-order valence-corrected chi connectivity index (χ2v) is 4.66. The Morgan fingerprint density at radius 1 is 1.22 bits per heavy atom. The maximum absolute atomic E-state index is 4.45. The summed E-state index contributed by atoms with van der Waals surface area (Å²) in [6.45, 7) is 4.49. The lowest BCUT2D eigenvalue weighted by Crippen LogP contribution is -2.25. The molecule has 2 aromatic rings. The number of aromatic nitrogens is 2. The molecular weight excluding hydrogens is 222 g/mol. The van der Waals surface area contributed by atoms with Crippen molar-refractivity contribution in [2.45, 2.75) is 26.3 Å². The smallest absolute Gasteiger partial charge is 0.0649 e. The van der Waals surface area contributed by atoms with E-state index < -0.39 is 0 Å². The van der Waals surface area contributed by atoms with Crippen molar-refractivity contribution in [2.75, 3.05) is 7.05 Å². The highest BCUT2D eigenvalue weighted by Gasteiger charge is 2.20. The first-order valence-corrected chi connectivity index (χ1v) is 6.54. The van der Waals surface area contributed by atoms with Crippen molar-refractivity contribution in [3.8, 4) is 5.69 Å². The number of para-hydroxylation sites is 1. The van der Waals surface area contributed by atoms with Gasteiger partial charge in [0.1, 0.15) is 0 Å². The molecule has 2 atom stereocenters. The van der Waals surface area contributed by atoms with Gasteiger partial charge in [-0.25, -0.2) is 4.68 Å². The molecule has 1 heterocycles. The van der Waals surface area contributed by atoms with Gasteiger partial charge in [0, 0.05) is 6.20 Å². The molecule has 3 heteroatoms. The average molecular weight is 243 g/mol. The van der Waals surface area contributed by atoms with E-state index in [0.29, 0.717) is 12.0 Å². The van der Waals surface area contributed by atoms with Crippen LogP contribution in [-0.2, 0) is 0 Å². The van der Waals surface area contributed by atoms with Crippen LogP contribution in [0.1, 0.15) is 32.0 Å². The fourth-order valence-corrected chi connectivity index (χ4v) is 2.29. The van der Waals surface area contributed by atoms with Gasteiger partial charge < -0.3 is 5.32 Å². The van der Waals surface area contributed by atoms with E-state index in [9.17, 15) is 0 Å². The van der Waals surface area contributed by atoms with Gasteiger partial charge in [-0.05, 0) is 31.2 Å². The van der Waals surface area contributed by atoms with Crippen LogP contribution in [0.4, 0.5) is 0 Å². The van der Waals surface area contributed by atoms with E-state index >= 15 is 0 Å². The molecule has 1 N–H and O–H groups in total. The summed E-state index contributed by atoms with van der Waals surface area (Å²) in [5, 5.41) is 7.85. The molecule has 2 unspecified atom stereocenters. The summed E-state index contributed by atoms with van der Waals surface area (Å²) >= 11 is 0. The Balaban J connectivity index is 2.38. The number of benzene rings is 1. The van der Waals surface area contributed by atoms with Crippen molar-refractivity contribution in [1.82, 2.24) is 15.1 Å². The molecule has 0 aliphatic rings. The zero-order valence-electron chi connectivity index (χ0n) is 11.3. The van der Waals surface area contributed by atoms with Gasteiger partial charge in [-0.3, -0.25) is 0 Å². The highest BCUT2D eigenvalue weighted by molar-refractivity contribution is 5.33. The number of nitrogens with zero attached hydrogens (tertiary/aromatic N) is 2. The molecule has 0 amide bonds. The molecular formula is C15H21N3. The zero-order chi connectivity index (χ0) is 13.0. The lowest BCUT2D eigenvalue weighted by Gasteiger charge is -2.23. The van der Waals surface area contributed by atoms with Crippen LogP contribution in [-0.4, -0.2) is 16.8 Å². The molecule has 3 nitrogen and oxygen atoms in total. The van der Waals surface area contributed by atoms with Crippen LogP contribution in [0.2, 0.25) is 0 Å². The van der Waals surface area contributed by atoms with E-state index in [-0.39, 0.29) is 0 Å². The van der Waals surface area contributed by atoms with E-state index in [1.165, 1.54) is 5.69 Å². The lowest BCUT2D eigenvalue weighted by molar-refractivity contribution is 0.386. The summed E-state index contributed by atoms with van der Waals surface area (Å²) in [5.41, 5.74) is 2.33. The summed E-state index contributed by atoms with van der Waals surface area (Å²) in [7, 11) is 2.01. The molecule has 0 bridgehead atoms. The summed E-state index contributed by atoms with van der Waals surface area (Å²) < 4.78 is 2.02. The normalized spacial score (nSPS) is 14.4. The van der Waals surface area contributed by atoms with Gasteiger partial charge in [0.2, 0.25) is 0 Å². The van der Waals surface area contributed by atoms with E-state index in [1.807, 2.05) is 36.1 Å². The van der Waals surface area contributed by atoms with Gasteiger partial charge in [0.25, 0.3) is 0 Å². The Hall–Kier alpha value is -1.61. The summed E-state index contributed by atoms with van der Waals surface area (Å²) in [6, 6.07) is 12.7. The van der Waals surface area contributed by atoms with Crippen LogP contribution >= 0.6 is 0 Å². The van der Waals surface area contributed by atoms with Gasteiger partial charge in [-0.1, -0.05) is 38.5 Å². The highest BCUT2D eigenvalue weighted by atomic mass is 15.3. The molecule has 0 saturated carbocycles. The van der Waals surface area contributed by atoms with Crippen molar-refractivity contribution in [3.63, 3.8) is 0 Å². The molecule has 18 heavy (non-hydrogen) atoms. The Labute approximate surface area is 109 Å².